The number of methoxy groups -OCH3 is 1. The van der Waals surface area contributed by atoms with E-state index in [0.717, 1.165) is 5.56 Å². The minimum Gasteiger partial charge on any atom is -0.468 e. The molecule has 5 heteroatoms. The van der Waals surface area contributed by atoms with Crippen LogP contribution in [0, 0.1) is 0 Å². The van der Waals surface area contributed by atoms with Crippen LogP contribution in [0.5, 0.6) is 0 Å². The van der Waals surface area contributed by atoms with Crippen molar-refractivity contribution in [1.29, 1.82) is 0 Å². The minimum absolute atomic E-state index is 0.308. The molecule has 3 nitrogen and oxygen atoms in total. The summed E-state index contributed by atoms with van der Waals surface area (Å²) in [7, 11) is 1.36. The van der Waals surface area contributed by atoms with Gasteiger partial charge in [-0.2, -0.15) is 0 Å². The van der Waals surface area contributed by atoms with E-state index in [9.17, 15) is 4.79 Å². The Labute approximate surface area is 103 Å². The predicted octanol–water partition coefficient (Wildman–Crippen LogP) is 2.43. The molecular formula is C11H10Cl2O3. The number of rotatable bonds is 2. The Bertz CT molecular complexity index is 427. The topological polar surface area (TPSA) is 35.5 Å². The average Bonchev–Trinajstić information content (AvgIpc) is 2.21. The highest BCUT2D eigenvalue weighted by molar-refractivity contribution is 6.42. The monoisotopic (exact) mass is 260 g/mol. The SMILES string of the molecule is COC(=O)C1(c2ccc(Cl)c(Cl)c2)COC1. The van der Waals surface area contributed by atoms with Crippen LogP contribution in [0.4, 0.5) is 0 Å². The molecule has 0 amide bonds. The van der Waals surface area contributed by atoms with Gasteiger partial charge in [-0.1, -0.05) is 29.3 Å². The summed E-state index contributed by atoms with van der Waals surface area (Å²) >= 11 is 11.7. The van der Waals surface area contributed by atoms with Gasteiger partial charge < -0.3 is 9.47 Å². The van der Waals surface area contributed by atoms with E-state index in [0.29, 0.717) is 23.3 Å². The van der Waals surface area contributed by atoms with Gasteiger partial charge in [0.1, 0.15) is 5.41 Å². The van der Waals surface area contributed by atoms with Gasteiger partial charge in [0.15, 0.2) is 0 Å². The van der Waals surface area contributed by atoms with Crippen LogP contribution < -0.4 is 0 Å². The zero-order valence-electron chi connectivity index (χ0n) is 8.63. The molecule has 1 heterocycles. The molecule has 0 saturated carbocycles. The third-order valence-electron chi connectivity index (χ3n) is 2.75. The van der Waals surface area contributed by atoms with Gasteiger partial charge in [0.25, 0.3) is 0 Å². The third-order valence-corrected chi connectivity index (χ3v) is 3.48. The summed E-state index contributed by atoms with van der Waals surface area (Å²) in [4.78, 5) is 11.7. The normalized spacial score (nSPS) is 17.7. The quantitative estimate of drug-likeness (QED) is 0.767. The number of hydrogen-bond donors (Lipinski definition) is 0. The Morgan fingerprint density at radius 2 is 2.06 bits per heavy atom. The van der Waals surface area contributed by atoms with E-state index < -0.39 is 5.41 Å². The van der Waals surface area contributed by atoms with Crippen molar-refractivity contribution in [3.63, 3.8) is 0 Å². The highest BCUT2D eigenvalue weighted by Gasteiger charge is 2.48. The van der Waals surface area contributed by atoms with Crippen LogP contribution in [-0.2, 0) is 19.7 Å². The lowest BCUT2D eigenvalue weighted by atomic mass is 9.79. The van der Waals surface area contributed by atoms with Crippen LogP contribution in [0.1, 0.15) is 5.56 Å². The highest BCUT2D eigenvalue weighted by atomic mass is 35.5. The van der Waals surface area contributed by atoms with Crippen LogP contribution in [-0.4, -0.2) is 26.3 Å². The summed E-state index contributed by atoms with van der Waals surface area (Å²) in [5.74, 6) is -0.308. The van der Waals surface area contributed by atoms with E-state index in [1.807, 2.05) is 0 Å². The molecule has 86 valence electrons. The second-order valence-electron chi connectivity index (χ2n) is 3.70. The van der Waals surface area contributed by atoms with E-state index in [1.54, 1.807) is 18.2 Å². The first-order valence-corrected chi connectivity index (χ1v) is 5.47. The second-order valence-corrected chi connectivity index (χ2v) is 4.51. The lowest BCUT2D eigenvalue weighted by molar-refractivity contribution is -0.166. The standard InChI is InChI=1S/C11H10Cl2O3/c1-15-10(14)11(5-16-6-11)7-2-3-8(12)9(13)4-7/h2-4H,5-6H2,1H3. The fraction of sp³-hybridized carbons (Fsp3) is 0.364. The molecule has 0 spiro atoms. The maximum atomic E-state index is 11.7. The number of hydrogen-bond acceptors (Lipinski definition) is 3. The molecule has 1 aromatic carbocycles. The molecule has 1 saturated heterocycles. The van der Waals surface area contributed by atoms with Gasteiger partial charge in [-0.25, -0.2) is 0 Å². The van der Waals surface area contributed by atoms with E-state index in [-0.39, 0.29) is 5.97 Å². The molecule has 0 radical (unpaired) electrons. The van der Waals surface area contributed by atoms with Crippen molar-refractivity contribution in [2.45, 2.75) is 5.41 Å². The molecule has 0 unspecified atom stereocenters. The summed E-state index contributed by atoms with van der Waals surface area (Å²) < 4.78 is 9.90. The van der Waals surface area contributed by atoms with Crippen molar-refractivity contribution in [1.82, 2.24) is 0 Å². The molecule has 0 atom stereocenters. The molecule has 1 fully saturated rings. The summed E-state index contributed by atoms with van der Waals surface area (Å²) in [5.41, 5.74) is 0.0585. The summed E-state index contributed by atoms with van der Waals surface area (Å²) in [5, 5.41) is 0.889. The number of ether oxygens (including phenoxy) is 2. The van der Waals surface area contributed by atoms with Crippen LogP contribution in [0.25, 0.3) is 0 Å². The van der Waals surface area contributed by atoms with E-state index in [2.05, 4.69) is 0 Å². The second kappa shape index (κ2) is 4.24. The van der Waals surface area contributed by atoms with Gasteiger partial charge in [-0.15, -0.1) is 0 Å². The van der Waals surface area contributed by atoms with Crippen molar-refractivity contribution in [3.05, 3.63) is 33.8 Å². The van der Waals surface area contributed by atoms with Gasteiger partial charge in [-0.05, 0) is 17.7 Å². The molecule has 1 aliphatic heterocycles. The summed E-state index contributed by atoms with van der Waals surface area (Å²) in [6.07, 6.45) is 0. The van der Waals surface area contributed by atoms with Crippen LogP contribution in [0.3, 0.4) is 0 Å². The van der Waals surface area contributed by atoms with Crippen molar-refractivity contribution in [2.24, 2.45) is 0 Å². The Balaban J connectivity index is 2.41. The molecular weight excluding hydrogens is 251 g/mol. The maximum Gasteiger partial charge on any atom is 0.321 e. The largest absolute Gasteiger partial charge is 0.468 e. The van der Waals surface area contributed by atoms with Gasteiger partial charge in [-0.3, -0.25) is 4.79 Å². The van der Waals surface area contributed by atoms with E-state index >= 15 is 0 Å². The van der Waals surface area contributed by atoms with Gasteiger partial charge >= 0.3 is 5.97 Å². The first-order chi connectivity index (χ1) is 7.60. The third kappa shape index (κ3) is 1.69. The smallest absolute Gasteiger partial charge is 0.321 e. The zero-order chi connectivity index (χ0) is 11.8. The maximum absolute atomic E-state index is 11.7. The van der Waals surface area contributed by atoms with Crippen molar-refractivity contribution >= 4 is 29.2 Å². The zero-order valence-corrected chi connectivity index (χ0v) is 10.1. The Hall–Kier alpha value is -0.770. The molecule has 1 aliphatic rings. The first-order valence-electron chi connectivity index (χ1n) is 4.72. The van der Waals surface area contributed by atoms with Gasteiger partial charge in [0, 0.05) is 0 Å². The Kier molecular flexibility index (Phi) is 3.10. The van der Waals surface area contributed by atoms with Crippen molar-refractivity contribution < 1.29 is 14.3 Å². The van der Waals surface area contributed by atoms with Crippen LogP contribution >= 0.6 is 23.2 Å². The number of benzene rings is 1. The molecule has 0 N–H and O–H groups in total. The lowest BCUT2D eigenvalue weighted by Crippen LogP contribution is -2.53. The average molecular weight is 261 g/mol. The van der Waals surface area contributed by atoms with E-state index in [4.69, 9.17) is 32.7 Å². The number of carbonyl (C=O) groups excluding carboxylic acids is 1. The Morgan fingerprint density at radius 3 is 2.50 bits per heavy atom. The lowest BCUT2D eigenvalue weighted by Gasteiger charge is -2.38. The Morgan fingerprint density at radius 1 is 1.38 bits per heavy atom. The number of halogens is 2. The number of carbonyl (C=O) groups is 1. The first kappa shape index (κ1) is 11.7. The van der Waals surface area contributed by atoms with E-state index in [1.165, 1.54) is 7.11 Å². The summed E-state index contributed by atoms with van der Waals surface area (Å²) in [6, 6.07) is 5.12. The van der Waals surface area contributed by atoms with Crippen molar-refractivity contribution in [2.75, 3.05) is 20.3 Å². The summed E-state index contributed by atoms with van der Waals surface area (Å²) in [6.45, 7) is 0.634. The van der Waals surface area contributed by atoms with Crippen LogP contribution in [0.2, 0.25) is 10.0 Å². The molecule has 2 rings (SSSR count). The fourth-order valence-corrected chi connectivity index (χ4v) is 2.00. The van der Waals surface area contributed by atoms with Crippen molar-refractivity contribution in [3.8, 4) is 0 Å². The predicted molar refractivity (Wildman–Crippen MR) is 61.0 cm³/mol. The van der Waals surface area contributed by atoms with Gasteiger partial charge in [0.05, 0.1) is 30.4 Å². The number of esters is 1. The van der Waals surface area contributed by atoms with Gasteiger partial charge in [0.2, 0.25) is 0 Å². The molecule has 0 bridgehead atoms. The minimum atomic E-state index is -0.719. The highest BCUT2D eigenvalue weighted by Crippen LogP contribution is 2.36. The fourth-order valence-electron chi connectivity index (χ4n) is 1.70. The van der Waals surface area contributed by atoms with Crippen LogP contribution in [0.15, 0.2) is 18.2 Å². The molecule has 0 aliphatic carbocycles. The molecule has 0 aromatic heterocycles. The molecule has 1 aromatic rings. The molecule has 16 heavy (non-hydrogen) atoms.